The van der Waals surface area contributed by atoms with Crippen LogP contribution in [0.15, 0.2) is 24.3 Å². The Balaban J connectivity index is 2.47. The first kappa shape index (κ1) is 8.87. The van der Waals surface area contributed by atoms with Gasteiger partial charge in [-0.1, -0.05) is 23.8 Å². The van der Waals surface area contributed by atoms with Crippen molar-refractivity contribution in [2.75, 3.05) is 0 Å². The van der Waals surface area contributed by atoms with E-state index in [9.17, 15) is 0 Å². The minimum absolute atomic E-state index is 0.631. The summed E-state index contributed by atoms with van der Waals surface area (Å²) >= 11 is 12.2. The second-order valence-electron chi connectivity index (χ2n) is 2.41. The first-order valence-corrected chi connectivity index (χ1v) is 5.17. The highest BCUT2D eigenvalue weighted by molar-refractivity contribution is 7.71. The van der Waals surface area contributed by atoms with E-state index in [1.54, 1.807) is 0 Å². The molecule has 2 aromatic heterocycles. The van der Waals surface area contributed by atoms with E-state index < -0.39 is 0 Å². The summed E-state index contributed by atoms with van der Waals surface area (Å²) < 4.78 is 1.39. The van der Waals surface area contributed by atoms with E-state index in [1.165, 1.54) is 11.3 Å². The number of hydrogen-bond donors (Lipinski definition) is 1. The Morgan fingerprint density at radius 2 is 2.15 bits per heavy atom. The number of nitrogens with zero attached hydrogens (tertiary/aromatic N) is 1. The van der Waals surface area contributed by atoms with Crippen molar-refractivity contribution in [2.24, 2.45) is 0 Å². The Kier molecular flexibility index (Phi) is 2.44. The number of nitrogens with one attached hydrogen (secondary N) is 1. The molecule has 0 radical (unpaired) electrons. The fourth-order valence-corrected chi connectivity index (χ4v) is 2.06. The molecule has 0 aliphatic rings. The molecule has 0 fully saturated rings. The summed E-state index contributed by atoms with van der Waals surface area (Å²) in [5, 5.41) is 6.82. The zero-order valence-corrected chi connectivity index (χ0v) is 8.84. The number of halogens is 1. The summed E-state index contributed by atoms with van der Waals surface area (Å²) in [5.41, 5.74) is 0.866. The van der Waals surface area contributed by atoms with Gasteiger partial charge in [0.15, 0.2) is 0 Å². The predicted molar refractivity (Wildman–Crippen MR) is 57.7 cm³/mol. The summed E-state index contributed by atoms with van der Waals surface area (Å²) in [6.45, 7) is 0. The minimum atomic E-state index is 0.631. The van der Waals surface area contributed by atoms with E-state index in [0.717, 1.165) is 14.9 Å². The van der Waals surface area contributed by atoms with E-state index in [2.05, 4.69) is 10.2 Å². The van der Waals surface area contributed by atoms with E-state index >= 15 is 0 Å². The van der Waals surface area contributed by atoms with Gasteiger partial charge in [0.25, 0.3) is 0 Å². The first-order valence-electron chi connectivity index (χ1n) is 3.57. The Morgan fingerprint density at radius 3 is 2.69 bits per heavy atom. The van der Waals surface area contributed by atoms with Gasteiger partial charge in [0.2, 0.25) is 0 Å². The SMILES string of the molecule is S=c1ccc(-c2ccc(Cl)s2)n[nH]1. The molecule has 2 rings (SSSR count). The molecule has 13 heavy (non-hydrogen) atoms. The van der Waals surface area contributed by atoms with Gasteiger partial charge >= 0.3 is 0 Å². The number of rotatable bonds is 1. The first-order chi connectivity index (χ1) is 6.25. The maximum Gasteiger partial charge on any atom is 0.119 e. The molecule has 1 N–H and O–H groups in total. The van der Waals surface area contributed by atoms with Crippen LogP contribution in [-0.2, 0) is 0 Å². The highest BCUT2D eigenvalue weighted by Gasteiger charge is 2.01. The van der Waals surface area contributed by atoms with Gasteiger partial charge in [0, 0.05) is 0 Å². The molecular weight excluding hydrogens is 224 g/mol. The second kappa shape index (κ2) is 3.57. The van der Waals surface area contributed by atoms with Crippen LogP contribution in [0.4, 0.5) is 0 Å². The van der Waals surface area contributed by atoms with Crippen molar-refractivity contribution in [2.45, 2.75) is 0 Å². The Labute approximate surface area is 89.2 Å². The van der Waals surface area contributed by atoms with Crippen molar-refractivity contribution < 1.29 is 0 Å². The van der Waals surface area contributed by atoms with Crippen LogP contribution in [0.5, 0.6) is 0 Å². The molecule has 0 aromatic carbocycles. The third-order valence-electron chi connectivity index (χ3n) is 1.50. The zero-order chi connectivity index (χ0) is 9.26. The zero-order valence-electron chi connectivity index (χ0n) is 6.45. The van der Waals surface area contributed by atoms with Crippen molar-refractivity contribution in [1.82, 2.24) is 10.2 Å². The fraction of sp³-hybridized carbons (Fsp3) is 0. The van der Waals surface area contributed by atoms with Gasteiger partial charge < -0.3 is 0 Å². The summed E-state index contributed by atoms with van der Waals surface area (Å²) in [4.78, 5) is 1.04. The van der Waals surface area contributed by atoms with Gasteiger partial charge in [-0.2, -0.15) is 5.10 Å². The highest BCUT2D eigenvalue weighted by atomic mass is 35.5. The molecule has 2 heterocycles. The van der Waals surface area contributed by atoms with Crippen molar-refractivity contribution in [3.05, 3.63) is 33.2 Å². The Morgan fingerprint density at radius 1 is 1.31 bits per heavy atom. The van der Waals surface area contributed by atoms with Gasteiger partial charge in [-0.15, -0.1) is 11.3 Å². The van der Waals surface area contributed by atoms with Crippen LogP contribution in [0.2, 0.25) is 4.34 Å². The summed E-state index contributed by atoms with van der Waals surface area (Å²) in [6, 6.07) is 7.48. The average Bonchev–Trinajstić information content (AvgIpc) is 2.53. The summed E-state index contributed by atoms with van der Waals surface area (Å²) in [7, 11) is 0. The number of aromatic amines is 1. The van der Waals surface area contributed by atoms with Crippen molar-refractivity contribution >= 4 is 35.2 Å². The maximum absolute atomic E-state index is 5.80. The summed E-state index contributed by atoms with van der Waals surface area (Å²) in [5.74, 6) is 0. The van der Waals surface area contributed by atoms with Crippen LogP contribution in [0, 0.1) is 4.64 Å². The van der Waals surface area contributed by atoms with Crippen LogP contribution in [-0.4, -0.2) is 10.2 Å². The smallest absolute Gasteiger partial charge is 0.119 e. The molecule has 5 heteroatoms. The fourth-order valence-electron chi connectivity index (χ4n) is 0.934. The third kappa shape index (κ3) is 1.96. The molecule has 0 atom stereocenters. The highest BCUT2D eigenvalue weighted by Crippen LogP contribution is 2.28. The average molecular weight is 229 g/mol. The number of hydrogen-bond acceptors (Lipinski definition) is 3. The van der Waals surface area contributed by atoms with E-state index in [-0.39, 0.29) is 0 Å². The molecule has 2 nitrogen and oxygen atoms in total. The van der Waals surface area contributed by atoms with Crippen LogP contribution in [0.3, 0.4) is 0 Å². The van der Waals surface area contributed by atoms with Crippen LogP contribution in [0.25, 0.3) is 10.6 Å². The molecule has 0 saturated heterocycles. The second-order valence-corrected chi connectivity index (χ2v) is 4.57. The lowest BCUT2D eigenvalue weighted by molar-refractivity contribution is 1.03. The lowest BCUT2D eigenvalue weighted by Crippen LogP contribution is -1.83. The maximum atomic E-state index is 5.80. The molecule has 2 aromatic rings. The molecule has 0 saturated carbocycles. The molecule has 0 unspecified atom stereocenters. The molecule has 0 amide bonds. The van der Waals surface area contributed by atoms with E-state index in [0.29, 0.717) is 4.64 Å². The van der Waals surface area contributed by atoms with E-state index in [4.69, 9.17) is 23.8 Å². The largest absolute Gasteiger partial charge is 0.267 e. The van der Waals surface area contributed by atoms with Crippen molar-refractivity contribution in [3.63, 3.8) is 0 Å². The number of H-pyrrole nitrogens is 1. The minimum Gasteiger partial charge on any atom is -0.267 e. The Hall–Kier alpha value is -0.710. The van der Waals surface area contributed by atoms with Crippen LogP contribution in [0.1, 0.15) is 0 Å². The molecule has 66 valence electrons. The molecular formula is C8H5ClN2S2. The lowest BCUT2D eigenvalue weighted by Gasteiger charge is -1.93. The quantitative estimate of drug-likeness (QED) is 0.757. The standard InChI is InChI=1S/C8H5ClN2S2/c9-7-3-2-6(13-7)5-1-4-8(12)11-10-5/h1-4H,(H,11,12). The van der Waals surface area contributed by atoms with Crippen LogP contribution < -0.4 is 0 Å². The lowest BCUT2D eigenvalue weighted by atomic mass is 10.3. The molecule has 0 aliphatic heterocycles. The monoisotopic (exact) mass is 228 g/mol. The molecule has 0 spiro atoms. The van der Waals surface area contributed by atoms with Gasteiger partial charge in [-0.25, -0.2) is 0 Å². The molecule has 0 aliphatic carbocycles. The van der Waals surface area contributed by atoms with Gasteiger partial charge in [-0.3, -0.25) is 5.10 Å². The predicted octanol–water partition coefficient (Wildman–Crippen LogP) is 3.52. The normalized spacial score (nSPS) is 10.2. The Bertz CT molecular complexity index is 454. The van der Waals surface area contributed by atoms with Gasteiger partial charge in [0.05, 0.1) is 9.21 Å². The topological polar surface area (TPSA) is 28.7 Å². The van der Waals surface area contributed by atoms with Gasteiger partial charge in [-0.05, 0) is 24.3 Å². The van der Waals surface area contributed by atoms with Crippen molar-refractivity contribution in [1.29, 1.82) is 0 Å². The summed E-state index contributed by atoms with van der Waals surface area (Å²) in [6.07, 6.45) is 0. The third-order valence-corrected chi connectivity index (χ3v) is 2.99. The van der Waals surface area contributed by atoms with Crippen molar-refractivity contribution in [3.8, 4) is 10.6 Å². The molecule has 0 bridgehead atoms. The number of thiophene rings is 1. The van der Waals surface area contributed by atoms with Gasteiger partial charge in [0.1, 0.15) is 10.3 Å². The number of aromatic nitrogens is 2. The van der Waals surface area contributed by atoms with E-state index in [1.807, 2.05) is 24.3 Å². The van der Waals surface area contributed by atoms with Crippen LogP contribution >= 0.6 is 35.2 Å².